The topological polar surface area (TPSA) is 64.6 Å². The summed E-state index contributed by atoms with van der Waals surface area (Å²) in [5, 5.41) is 2.91. The van der Waals surface area contributed by atoms with Crippen LogP contribution in [0.2, 0.25) is 0 Å². The third-order valence-electron chi connectivity index (χ3n) is 4.64. The highest BCUT2D eigenvalue weighted by Gasteiger charge is 2.18. The van der Waals surface area contributed by atoms with Gasteiger partial charge in [0, 0.05) is 11.3 Å². The molecule has 5 nitrogen and oxygen atoms in total. The maximum Gasteiger partial charge on any atom is 0.352 e. The molecule has 154 valence electrons. The molecule has 0 aliphatic rings. The lowest BCUT2D eigenvalue weighted by molar-refractivity contribution is -0.141. The van der Waals surface area contributed by atoms with Crippen molar-refractivity contribution >= 4 is 17.6 Å². The Labute approximate surface area is 176 Å². The molecule has 0 fully saturated rings. The number of amides is 1. The van der Waals surface area contributed by atoms with Gasteiger partial charge in [0.15, 0.2) is 6.10 Å². The highest BCUT2D eigenvalue weighted by molar-refractivity contribution is 6.04. The van der Waals surface area contributed by atoms with Crippen molar-refractivity contribution in [2.75, 3.05) is 5.32 Å². The average Bonchev–Trinajstić information content (AvgIpc) is 2.72. The smallest absolute Gasteiger partial charge is 0.352 e. The molecule has 1 atom stereocenters. The summed E-state index contributed by atoms with van der Waals surface area (Å²) < 4.78 is 11.0. The second-order valence-electron chi connectivity index (χ2n) is 7.29. The number of ether oxygens (including phenoxy) is 2. The molecule has 0 spiro atoms. The van der Waals surface area contributed by atoms with E-state index in [0.29, 0.717) is 17.1 Å². The maximum atomic E-state index is 12.5. The van der Waals surface area contributed by atoms with E-state index < -0.39 is 12.1 Å². The second kappa shape index (κ2) is 9.27. The molecule has 1 N–H and O–H groups in total. The molecule has 0 saturated heterocycles. The Balaban J connectivity index is 1.59. The highest BCUT2D eigenvalue weighted by Crippen LogP contribution is 2.19. The molecule has 0 aromatic heterocycles. The molecular weight excluding hydrogens is 378 g/mol. The van der Waals surface area contributed by atoms with Crippen LogP contribution in [0.15, 0.2) is 66.7 Å². The standard InChI is InChI=1S/C25H25NO4/c1-16-6-11-21(12-7-16)29-19(4)25(28)30-22-13-9-20(10-14-22)24(27)26-23-15-17(2)5-8-18(23)3/h5-15,19H,1-4H3,(H,26,27). The molecule has 0 saturated carbocycles. The Morgan fingerprint density at radius 2 is 1.40 bits per heavy atom. The Kier molecular flexibility index (Phi) is 6.52. The molecule has 0 bridgehead atoms. The molecule has 3 rings (SSSR count). The summed E-state index contributed by atoms with van der Waals surface area (Å²) in [6, 6.07) is 19.8. The van der Waals surface area contributed by atoms with Crippen molar-refractivity contribution in [3.05, 3.63) is 89.0 Å². The van der Waals surface area contributed by atoms with Gasteiger partial charge in [0.1, 0.15) is 11.5 Å². The Bertz CT molecular complexity index is 1040. The number of hydrogen-bond acceptors (Lipinski definition) is 4. The molecule has 0 aliphatic heterocycles. The lowest BCUT2D eigenvalue weighted by Crippen LogP contribution is -2.28. The molecule has 0 radical (unpaired) electrons. The summed E-state index contributed by atoms with van der Waals surface area (Å²) in [5.41, 5.74) is 4.42. The number of benzene rings is 3. The first-order chi connectivity index (χ1) is 14.3. The molecular formula is C25H25NO4. The summed E-state index contributed by atoms with van der Waals surface area (Å²) in [7, 11) is 0. The Hall–Kier alpha value is -3.60. The van der Waals surface area contributed by atoms with Gasteiger partial charge in [-0.05, 0) is 81.3 Å². The predicted octanol–water partition coefficient (Wildman–Crippen LogP) is 5.24. The molecule has 1 amide bonds. The number of esters is 1. The van der Waals surface area contributed by atoms with E-state index >= 15 is 0 Å². The molecule has 5 heteroatoms. The van der Waals surface area contributed by atoms with Crippen molar-refractivity contribution in [2.45, 2.75) is 33.8 Å². The van der Waals surface area contributed by atoms with Crippen LogP contribution in [-0.2, 0) is 4.79 Å². The number of anilines is 1. The molecule has 0 heterocycles. The minimum Gasteiger partial charge on any atom is -0.479 e. The van der Waals surface area contributed by atoms with Crippen molar-refractivity contribution in [1.29, 1.82) is 0 Å². The average molecular weight is 403 g/mol. The number of rotatable bonds is 6. The van der Waals surface area contributed by atoms with Gasteiger partial charge >= 0.3 is 5.97 Å². The molecule has 0 aliphatic carbocycles. The van der Waals surface area contributed by atoms with Gasteiger partial charge < -0.3 is 14.8 Å². The van der Waals surface area contributed by atoms with Gasteiger partial charge in [0.2, 0.25) is 0 Å². The summed E-state index contributed by atoms with van der Waals surface area (Å²) >= 11 is 0. The van der Waals surface area contributed by atoms with Crippen LogP contribution in [0.25, 0.3) is 0 Å². The van der Waals surface area contributed by atoms with Crippen LogP contribution in [0.5, 0.6) is 11.5 Å². The van der Waals surface area contributed by atoms with Gasteiger partial charge in [-0.15, -0.1) is 0 Å². The van der Waals surface area contributed by atoms with E-state index in [-0.39, 0.29) is 5.91 Å². The van der Waals surface area contributed by atoms with Crippen LogP contribution in [0.4, 0.5) is 5.69 Å². The zero-order chi connectivity index (χ0) is 21.7. The van der Waals surface area contributed by atoms with E-state index in [9.17, 15) is 9.59 Å². The van der Waals surface area contributed by atoms with E-state index in [1.165, 1.54) is 0 Å². The Morgan fingerprint density at radius 1 is 0.800 bits per heavy atom. The summed E-state index contributed by atoms with van der Waals surface area (Å²) in [4.78, 5) is 24.8. The minimum absolute atomic E-state index is 0.224. The number of hydrogen-bond donors (Lipinski definition) is 1. The largest absolute Gasteiger partial charge is 0.479 e. The third kappa shape index (κ3) is 5.47. The maximum absolute atomic E-state index is 12.5. The normalized spacial score (nSPS) is 11.5. The van der Waals surface area contributed by atoms with Crippen molar-refractivity contribution in [3.8, 4) is 11.5 Å². The van der Waals surface area contributed by atoms with Crippen molar-refractivity contribution in [2.24, 2.45) is 0 Å². The van der Waals surface area contributed by atoms with Gasteiger partial charge in [0.05, 0.1) is 0 Å². The first-order valence-corrected chi connectivity index (χ1v) is 9.75. The highest BCUT2D eigenvalue weighted by atomic mass is 16.6. The van der Waals surface area contributed by atoms with E-state index in [1.54, 1.807) is 31.2 Å². The molecule has 30 heavy (non-hydrogen) atoms. The van der Waals surface area contributed by atoms with Crippen LogP contribution in [0, 0.1) is 20.8 Å². The first kappa shape index (κ1) is 21.1. The number of aryl methyl sites for hydroxylation is 3. The molecule has 3 aromatic rings. The Morgan fingerprint density at radius 3 is 2.07 bits per heavy atom. The van der Waals surface area contributed by atoms with Crippen LogP contribution in [-0.4, -0.2) is 18.0 Å². The van der Waals surface area contributed by atoms with Crippen molar-refractivity contribution in [3.63, 3.8) is 0 Å². The fourth-order valence-electron chi connectivity index (χ4n) is 2.81. The minimum atomic E-state index is -0.764. The quantitative estimate of drug-likeness (QED) is 0.452. The zero-order valence-electron chi connectivity index (χ0n) is 17.6. The van der Waals surface area contributed by atoms with E-state index in [4.69, 9.17) is 9.47 Å². The fraction of sp³-hybridized carbons (Fsp3) is 0.200. The van der Waals surface area contributed by atoms with Crippen LogP contribution >= 0.6 is 0 Å². The summed E-state index contributed by atoms with van der Waals surface area (Å²) in [5.74, 6) is 0.215. The number of carbonyl (C=O) groups is 2. The van der Waals surface area contributed by atoms with Crippen LogP contribution < -0.4 is 14.8 Å². The van der Waals surface area contributed by atoms with E-state index in [0.717, 1.165) is 22.4 Å². The van der Waals surface area contributed by atoms with Crippen LogP contribution in [0.1, 0.15) is 34.0 Å². The predicted molar refractivity (Wildman–Crippen MR) is 117 cm³/mol. The van der Waals surface area contributed by atoms with E-state index in [1.807, 2.05) is 63.2 Å². The van der Waals surface area contributed by atoms with Crippen molar-refractivity contribution in [1.82, 2.24) is 0 Å². The molecule has 3 aromatic carbocycles. The van der Waals surface area contributed by atoms with Gasteiger partial charge in [-0.2, -0.15) is 0 Å². The number of carbonyl (C=O) groups excluding carboxylic acids is 2. The summed E-state index contributed by atoms with van der Waals surface area (Å²) in [6.07, 6.45) is -0.764. The first-order valence-electron chi connectivity index (χ1n) is 9.75. The fourth-order valence-corrected chi connectivity index (χ4v) is 2.81. The van der Waals surface area contributed by atoms with Gasteiger partial charge in [-0.1, -0.05) is 29.8 Å². The lowest BCUT2D eigenvalue weighted by atomic mass is 10.1. The third-order valence-corrected chi connectivity index (χ3v) is 4.64. The summed E-state index contributed by atoms with van der Waals surface area (Å²) in [6.45, 7) is 7.53. The zero-order valence-corrected chi connectivity index (χ0v) is 17.6. The van der Waals surface area contributed by atoms with Gasteiger partial charge in [-0.25, -0.2) is 4.79 Å². The monoisotopic (exact) mass is 403 g/mol. The van der Waals surface area contributed by atoms with Crippen LogP contribution in [0.3, 0.4) is 0 Å². The SMILES string of the molecule is Cc1ccc(OC(C)C(=O)Oc2ccc(C(=O)Nc3cc(C)ccc3C)cc2)cc1. The van der Waals surface area contributed by atoms with Crippen molar-refractivity contribution < 1.29 is 19.1 Å². The van der Waals surface area contributed by atoms with E-state index in [2.05, 4.69) is 5.32 Å². The van der Waals surface area contributed by atoms with Gasteiger partial charge in [-0.3, -0.25) is 4.79 Å². The number of nitrogens with one attached hydrogen (secondary N) is 1. The lowest BCUT2D eigenvalue weighted by Gasteiger charge is -2.14. The van der Waals surface area contributed by atoms with Gasteiger partial charge in [0.25, 0.3) is 5.91 Å². The molecule has 1 unspecified atom stereocenters. The second-order valence-corrected chi connectivity index (χ2v) is 7.29.